The van der Waals surface area contributed by atoms with Gasteiger partial charge in [-0.05, 0) is 51.1 Å². The fraction of sp³-hybridized carbons (Fsp3) is 0.769. The van der Waals surface area contributed by atoms with E-state index in [1.165, 1.54) is 12.1 Å². The van der Waals surface area contributed by atoms with Gasteiger partial charge < -0.3 is 10.4 Å². The second-order valence-electron chi connectivity index (χ2n) is 5.35. The molecule has 0 aliphatic carbocycles. The third kappa shape index (κ3) is 3.07. The lowest BCUT2D eigenvalue weighted by Crippen LogP contribution is -2.44. The molecule has 96 valence electrons. The van der Waals surface area contributed by atoms with Crippen molar-refractivity contribution in [2.45, 2.75) is 38.2 Å². The molecule has 17 heavy (non-hydrogen) atoms. The predicted molar refractivity (Wildman–Crippen MR) is 67.7 cm³/mol. The molecule has 1 aliphatic rings. The number of piperidine rings is 1. The molecule has 4 nitrogen and oxygen atoms in total. The van der Waals surface area contributed by atoms with Crippen molar-refractivity contribution in [1.82, 2.24) is 15.1 Å². The maximum absolute atomic E-state index is 10.6. The summed E-state index contributed by atoms with van der Waals surface area (Å²) < 4.78 is 1.88. The molecule has 2 rings (SSSR count). The maximum atomic E-state index is 10.6. The van der Waals surface area contributed by atoms with Crippen LogP contribution in [-0.4, -0.2) is 33.6 Å². The van der Waals surface area contributed by atoms with Crippen LogP contribution in [0.3, 0.4) is 0 Å². The van der Waals surface area contributed by atoms with E-state index in [4.69, 9.17) is 0 Å². The highest BCUT2D eigenvalue weighted by atomic mass is 16.3. The molecule has 0 amide bonds. The smallest absolute Gasteiger partial charge is 0.0663 e. The van der Waals surface area contributed by atoms with Crippen LogP contribution in [0.2, 0.25) is 0 Å². The number of hydrogen-bond donors (Lipinski definition) is 2. The SMILES string of the molecule is Cn1nccc1CCC(C)(O)C1CCCNC1. The molecule has 4 heteroatoms. The molecular weight excluding hydrogens is 214 g/mol. The van der Waals surface area contributed by atoms with Gasteiger partial charge in [0.25, 0.3) is 0 Å². The Balaban J connectivity index is 1.90. The summed E-state index contributed by atoms with van der Waals surface area (Å²) in [6.07, 6.45) is 5.81. The van der Waals surface area contributed by atoms with Gasteiger partial charge in [-0.1, -0.05) is 0 Å². The number of hydrogen-bond acceptors (Lipinski definition) is 3. The Bertz CT molecular complexity index is 353. The van der Waals surface area contributed by atoms with Gasteiger partial charge in [0, 0.05) is 25.5 Å². The van der Waals surface area contributed by atoms with Crippen LogP contribution in [0, 0.1) is 5.92 Å². The van der Waals surface area contributed by atoms with Crippen molar-refractivity contribution in [3.8, 4) is 0 Å². The quantitative estimate of drug-likeness (QED) is 0.824. The summed E-state index contributed by atoms with van der Waals surface area (Å²) in [6, 6.07) is 2.02. The van der Waals surface area contributed by atoms with E-state index in [-0.39, 0.29) is 0 Å². The molecule has 2 atom stereocenters. The molecule has 2 N–H and O–H groups in total. The van der Waals surface area contributed by atoms with Crippen LogP contribution in [0.4, 0.5) is 0 Å². The van der Waals surface area contributed by atoms with E-state index < -0.39 is 5.60 Å². The van der Waals surface area contributed by atoms with E-state index in [0.717, 1.165) is 32.4 Å². The Labute approximate surface area is 103 Å². The normalized spacial score (nSPS) is 24.5. The molecule has 2 unspecified atom stereocenters. The molecule has 2 heterocycles. The van der Waals surface area contributed by atoms with Gasteiger partial charge in [-0.2, -0.15) is 5.10 Å². The minimum Gasteiger partial charge on any atom is -0.390 e. The van der Waals surface area contributed by atoms with E-state index in [1.54, 1.807) is 0 Å². The molecule has 1 aromatic heterocycles. The molecule has 1 fully saturated rings. The summed E-state index contributed by atoms with van der Waals surface area (Å²) >= 11 is 0. The number of aliphatic hydroxyl groups is 1. The Morgan fingerprint density at radius 2 is 2.47 bits per heavy atom. The van der Waals surface area contributed by atoms with Crippen molar-refractivity contribution in [1.29, 1.82) is 0 Å². The highest BCUT2D eigenvalue weighted by molar-refractivity contribution is 5.01. The zero-order chi connectivity index (χ0) is 12.3. The lowest BCUT2D eigenvalue weighted by atomic mass is 9.80. The molecule has 0 spiro atoms. The van der Waals surface area contributed by atoms with Crippen LogP contribution in [0.25, 0.3) is 0 Å². The number of aryl methyl sites for hydroxylation is 2. The van der Waals surface area contributed by atoms with Crippen LogP contribution >= 0.6 is 0 Å². The van der Waals surface area contributed by atoms with Gasteiger partial charge in [0.2, 0.25) is 0 Å². The van der Waals surface area contributed by atoms with Gasteiger partial charge in [0.15, 0.2) is 0 Å². The van der Waals surface area contributed by atoms with Gasteiger partial charge >= 0.3 is 0 Å². The number of rotatable bonds is 4. The van der Waals surface area contributed by atoms with Crippen molar-refractivity contribution in [3.05, 3.63) is 18.0 Å². The first-order valence-corrected chi connectivity index (χ1v) is 6.49. The van der Waals surface area contributed by atoms with Gasteiger partial charge in [0.1, 0.15) is 0 Å². The third-order valence-corrected chi connectivity index (χ3v) is 3.99. The minimum absolute atomic E-state index is 0.379. The first kappa shape index (κ1) is 12.6. The predicted octanol–water partition coefficient (Wildman–Crippen LogP) is 1.10. The molecule has 1 saturated heterocycles. The number of aromatic nitrogens is 2. The molecule has 0 bridgehead atoms. The summed E-state index contributed by atoms with van der Waals surface area (Å²) in [6.45, 7) is 4.01. The zero-order valence-electron chi connectivity index (χ0n) is 10.8. The Morgan fingerprint density at radius 1 is 1.65 bits per heavy atom. The minimum atomic E-state index is -0.572. The Hall–Kier alpha value is -0.870. The van der Waals surface area contributed by atoms with Crippen molar-refractivity contribution in [3.63, 3.8) is 0 Å². The fourth-order valence-corrected chi connectivity index (χ4v) is 2.61. The van der Waals surface area contributed by atoms with E-state index in [0.29, 0.717) is 5.92 Å². The molecule has 1 aromatic rings. The highest BCUT2D eigenvalue weighted by Crippen LogP contribution is 2.28. The zero-order valence-corrected chi connectivity index (χ0v) is 10.8. The first-order valence-electron chi connectivity index (χ1n) is 6.49. The van der Waals surface area contributed by atoms with Gasteiger partial charge in [-0.3, -0.25) is 4.68 Å². The van der Waals surface area contributed by atoms with Crippen LogP contribution in [0.1, 0.15) is 31.9 Å². The van der Waals surface area contributed by atoms with Crippen LogP contribution in [-0.2, 0) is 13.5 Å². The molecule has 0 saturated carbocycles. The molecule has 1 aliphatic heterocycles. The topological polar surface area (TPSA) is 50.1 Å². The first-order chi connectivity index (χ1) is 8.09. The van der Waals surface area contributed by atoms with Gasteiger partial charge in [-0.15, -0.1) is 0 Å². The average Bonchev–Trinajstić information content (AvgIpc) is 2.74. The van der Waals surface area contributed by atoms with Gasteiger partial charge in [0.05, 0.1) is 5.60 Å². The Kier molecular flexibility index (Phi) is 3.84. The van der Waals surface area contributed by atoms with E-state index >= 15 is 0 Å². The largest absolute Gasteiger partial charge is 0.390 e. The monoisotopic (exact) mass is 237 g/mol. The van der Waals surface area contributed by atoms with E-state index in [2.05, 4.69) is 10.4 Å². The van der Waals surface area contributed by atoms with Crippen molar-refractivity contribution < 1.29 is 5.11 Å². The summed E-state index contributed by atoms with van der Waals surface area (Å²) in [5, 5.41) is 18.1. The second kappa shape index (κ2) is 5.19. The maximum Gasteiger partial charge on any atom is 0.0663 e. The van der Waals surface area contributed by atoms with Crippen LogP contribution in [0.5, 0.6) is 0 Å². The summed E-state index contributed by atoms with van der Waals surface area (Å²) in [4.78, 5) is 0. The summed E-state index contributed by atoms with van der Waals surface area (Å²) in [5.74, 6) is 0.379. The average molecular weight is 237 g/mol. The fourth-order valence-electron chi connectivity index (χ4n) is 2.61. The third-order valence-electron chi connectivity index (χ3n) is 3.99. The lowest BCUT2D eigenvalue weighted by molar-refractivity contribution is -0.0179. The Morgan fingerprint density at radius 3 is 3.06 bits per heavy atom. The van der Waals surface area contributed by atoms with E-state index in [9.17, 15) is 5.11 Å². The summed E-state index contributed by atoms with van der Waals surface area (Å²) in [5.41, 5.74) is 0.617. The van der Waals surface area contributed by atoms with Crippen LogP contribution in [0.15, 0.2) is 12.3 Å². The van der Waals surface area contributed by atoms with Crippen molar-refractivity contribution >= 4 is 0 Å². The van der Waals surface area contributed by atoms with Crippen molar-refractivity contribution in [2.75, 3.05) is 13.1 Å². The molecule has 0 aromatic carbocycles. The summed E-state index contributed by atoms with van der Waals surface area (Å²) in [7, 11) is 1.95. The number of nitrogens with one attached hydrogen (secondary N) is 1. The standard InChI is InChI=1S/C13H23N3O/c1-13(17,11-4-3-8-14-10-11)7-5-12-6-9-15-16(12)2/h6,9,11,14,17H,3-5,7-8,10H2,1-2H3. The van der Waals surface area contributed by atoms with E-state index in [1.807, 2.05) is 30.9 Å². The second-order valence-corrected chi connectivity index (χ2v) is 5.35. The highest BCUT2D eigenvalue weighted by Gasteiger charge is 2.32. The van der Waals surface area contributed by atoms with Gasteiger partial charge in [-0.25, -0.2) is 0 Å². The molecule has 0 radical (unpaired) electrons. The lowest BCUT2D eigenvalue weighted by Gasteiger charge is -2.36. The van der Waals surface area contributed by atoms with Crippen molar-refractivity contribution in [2.24, 2.45) is 13.0 Å². The number of nitrogens with zero attached hydrogens (tertiary/aromatic N) is 2. The van der Waals surface area contributed by atoms with Crippen LogP contribution < -0.4 is 5.32 Å². The molecular formula is C13H23N3O.